The monoisotopic (exact) mass is 360 g/mol. The zero-order chi connectivity index (χ0) is 16.2. The van der Waals surface area contributed by atoms with E-state index in [1.165, 1.54) is 11.1 Å². The molecule has 22 heavy (non-hydrogen) atoms. The van der Waals surface area contributed by atoms with E-state index in [0.29, 0.717) is 6.54 Å². The second-order valence-electron chi connectivity index (χ2n) is 5.70. The average Bonchev–Trinajstić information content (AvgIpc) is 2.47. The fourth-order valence-corrected chi connectivity index (χ4v) is 2.56. The minimum atomic E-state index is -1.03. The van der Waals surface area contributed by atoms with E-state index in [1.807, 2.05) is 30.3 Å². The third-order valence-corrected chi connectivity index (χ3v) is 4.23. The first-order valence-corrected chi connectivity index (χ1v) is 8.07. The van der Waals surface area contributed by atoms with Gasteiger partial charge in [0, 0.05) is 11.0 Å². The Labute approximate surface area is 140 Å². The van der Waals surface area contributed by atoms with Gasteiger partial charge in [-0.1, -0.05) is 57.9 Å². The Kier molecular flexibility index (Phi) is 5.37. The zero-order valence-corrected chi connectivity index (χ0v) is 14.5. The van der Waals surface area contributed by atoms with E-state index < -0.39 is 5.54 Å². The molecule has 2 aromatic carbocycles. The second-order valence-corrected chi connectivity index (χ2v) is 6.62. The molecule has 4 heteroatoms. The number of aryl methyl sites for hydroxylation is 1. The Morgan fingerprint density at radius 2 is 1.91 bits per heavy atom. The molecule has 0 fully saturated rings. The molecule has 2 aromatic rings. The minimum absolute atomic E-state index is 0.164. The van der Waals surface area contributed by atoms with Crippen molar-refractivity contribution in [2.45, 2.75) is 25.8 Å². The van der Waals surface area contributed by atoms with Crippen LogP contribution in [0.1, 0.15) is 23.6 Å². The molecular weight excluding hydrogens is 340 g/mol. The lowest BCUT2D eigenvalue weighted by atomic mass is 9.92. The topological polar surface area (TPSA) is 55.1 Å². The summed E-state index contributed by atoms with van der Waals surface area (Å²) in [6.45, 7) is 4.37. The minimum Gasteiger partial charge on any atom is -0.354 e. The van der Waals surface area contributed by atoms with Gasteiger partial charge in [-0.15, -0.1) is 0 Å². The van der Waals surface area contributed by atoms with Crippen LogP contribution in [0.5, 0.6) is 0 Å². The summed E-state index contributed by atoms with van der Waals surface area (Å²) >= 11 is 3.38. The Balaban J connectivity index is 1.95. The molecule has 0 aliphatic rings. The van der Waals surface area contributed by atoms with Crippen LogP contribution in [-0.2, 0) is 16.8 Å². The first-order chi connectivity index (χ1) is 10.4. The maximum absolute atomic E-state index is 12.4. The number of hydrogen-bond acceptors (Lipinski definition) is 2. The van der Waals surface area contributed by atoms with E-state index in [1.54, 1.807) is 6.92 Å². The van der Waals surface area contributed by atoms with Crippen molar-refractivity contribution in [2.24, 2.45) is 5.73 Å². The predicted molar refractivity (Wildman–Crippen MR) is 93.6 cm³/mol. The van der Waals surface area contributed by atoms with Crippen LogP contribution < -0.4 is 11.1 Å². The summed E-state index contributed by atoms with van der Waals surface area (Å²) in [6, 6.07) is 15.8. The second kappa shape index (κ2) is 7.07. The molecule has 0 aromatic heterocycles. The lowest BCUT2D eigenvalue weighted by Crippen LogP contribution is -2.49. The lowest BCUT2D eigenvalue weighted by molar-refractivity contribution is -0.126. The van der Waals surface area contributed by atoms with E-state index in [9.17, 15) is 4.79 Å². The molecule has 0 aliphatic heterocycles. The molecule has 2 rings (SSSR count). The molecule has 0 spiro atoms. The number of amides is 1. The van der Waals surface area contributed by atoms with E-state index >= 15 is 0 Å². The van der Waals surface area contributed by atoms with E-state index in [0.717, 1.165) is 16.5 Å². The molecular formula is C18H21BrN2O. The van der Waals surface area contributed by atoms with Crippen LogP contribution in [0.25, 0.3) is 0 Å². The number of rotatable bonds is 5. The van der Waals surface area contributed by atoms with E-state index in [2.05, 4.69) is 46.4 Å². The summed E-state index contributed by atoms with van der Waals surface area (Å²) in [5.41, 5.74) is 8.40. The molecule has 0 heterocycles. The lowest BCUT2D eigenvalue weighted by Gasteiger charge is -2.24. The van der Waals surface area contributed by atoms with Gasteiger partial charge < -0.3 is 11.1 Å². The molecule has 0 radical (unpaired) electrons. The SMILES string of the molecule is Cc1cccc(CCNC(=O)C(C)(N)c2ccc(Br)cc2)c1. The third kappa shape index (κ3) is 4.18. The Morgan fingerprint density at radius 1 is 1.23 bits per heavy atom. The van der Waals surface area contributed by atoms with E-state index in [4.69, 9.17) is 5.73 Å². The fraction of sp³-hybridized carbons (Fsp3) is 0.278. The van der Waals surface area contributed by atoms with Gasteiger partial charge in [-0.3, -0.25) is 4.79 Å². The zero-order valence-electron chi connectivity index (χ0n) is 12.9. The third-order valence-electron chi connectivity index (χ3n) is 3.70. The van der Waals surface area contributed by atoms with Crippen molar-refractivity contribution in [3.05, 3.63) is 69.7 Å². The average molecular weight is 361 g/mol. The molecule has 0 saturated heterocycles. The molecule has 0 saturated carbocycles. The van der Waals surface area contributed by atoms with Gasteiger partial charge in [-0.25, -0.2) is 0 Å². The van der Waals surface area contributed by atoms with Crippen LogP contribution >= 0.6 is 15.9 Å². The maximum Gasteiger partial charge on any atom is 0.244 e. The Bertz CT molecular complexity index is 650. The van der Waals surface area contributed by atoms with Crippen molar-refractivity contribution < 1.29 is 4.79 Å². The van der Waals surface area contributed by atoms with Gasteiger partial charge in [-0.05, 0) is 43.5 Å². The highest BCUT2D eigenvalue weighted by Gasteiger charge is 2.29. The van der Waals surface area contributed by atoms with Gasteiger partial charge in [0.05, 0.1) is 0 Å². The molecule has 1 amide bonds. The number of benzene rings is 2. The summed E-state index contributed by atoms with van der Waals surface area (Å²) in [4.78, 5) is 12.4. The number of hydrogen-bond donors (Lipinski definition) is 2. The largest absolute Gasteiger partial charge is 0.354 e. The van der Waals surface area contributed by atoms with Crippen molar-refractivity contribution in [1.82, 2.24) is 5.32 Å². The number of halogens is 1. The fourth-order valence-electron chi connectivity index (χ4n) is 2.30. The molecule has 0 aliphatic carbocycles. The van der Waals surface area contributed by atoms with Crippen molar-refractivity contribution in [3.8, 4) is 0 Å². The highest BCUT2D eigenvalue weighted by Crippen LogP contribution is 2.20. The van der Waals surface area contributed by atoms with Crippen molar-refractivity contribution in [2.75, 3.05) is 6.54 Å². The molecule has 116 valence electrons. The Hall–Kier alpha value is -1.65. The normalized spacial score (nSPS) is 13.5. The highest BCUT2D eigenvalue weighted by atomic mass is 79.9. The van der Waals surface area contributed by atoms with Crippen LogP contribution in [-0.4, -0.2) is 12.5 Å². The highest BCUT2D eigenvalue weighted by molar-refractivity contribution is 9.10. The summed E-state index contributed by atoms with van der Waals surface area (Å²) in [5, 5.41) is 2.93. The molecule has 3 N–H and O–H groups in total. The summed E-state index contributed by atoms with van der Waals surface area (Å²) in [5.74, 6) is -0.164. The molecule has 1 atom stereocenters. The maximum atomic E-state index is 12.4. The van der Waals surface area contributed by atoms with Gasteiger partial charge in [-0.2, -0.15) is 0 Å². The first-order valence-electron chi connectivity index (χ1n) is 7.28. The first kappa shape index (κ1) is 16.7. The summed E-state index contributed by atoms with van der Waals surface area (Å²) in [7, 11) is 0. The van der Waals surface area contributed by atoms with Gasteiger partial charge in [0.1, 0.15) is 5.54 Å². The number of carbonyl (C=O) groups is 1. The summed E-state index contributed by atoms with van der Waals surface area (Å²) in [6.07, 6.45) is 0.795. The van der Waals surface area contributed by atoms with Gasteiger partial charge in [0.25, 0.3) is 0 Å². The van der Waals surface area contributed by atoms with Gasteiger partial charge in [0.15, 0.2) is 0 Å². The van der Waals surface area contributed by atoms with Crippen LogP contribution in [0, 0.1) is 6.92 Å². The van der Waals surface area contributed by atoms with Crippen LogP contribution in [0.15, 0.2) is 53.0 Å². The van der Waals surface area contributed by atoms with Crippen LogP contribution in [0.4, 0.5) is 0 Å². The number of nitrogens with one attached hydrogen (secondary N) is 1. The molecule has 1 unspecified atom stereocenters. The summed E-state index contributed by atoms with van der Waals surface area (Å²) < 4.78 is 0.965. The quantitative estimate of drug-likeness (QED) is 0.859. The molecule has 0 bridgehead atoms. The van der Waals surface area contributed by atoms with Gasteiger partial charge in [0.2, 0.25) is 5.91 Å². The van der Waals surface area contributed by atoms with Crippen LogP contribution in [0.3, 0.4) is 0 Å². The van der Waals surface area contributed by atoms with Crippen molar-refractivity contribution >= 4 is 21.8 Å². The number of carbonyl (C=O) groups excluding carboxylic acids is 1. The predicted octanol–water partition coefficient (Wildman–Crippen LogP) is 3.29. The molecule has 3 nitrogen and oxygen atoms in total. The smallest absolute Gasteiger partial charge is 0.244 e. The standard InChI is InChI=1S/C18H21BrN2O/c1-13-4-3-5-14(12-13)10-11-21-17(22)18(2,20)15-6-8-16(19)9-7-15/h3-9,12H,10-11,20H2,1-2H3,(H,21,22). The van der Waals surface area contributed by atoms with Crippen molar-refractivity contribution in [3.63, 3.8) is 0 Å². The van der Waals surface area contributed by atoms with Crippen molar-refractivity contribution in [1.29, 1.82) is 0 Å². The van der Waals surface area contributed by atoms with E-state index in [-0.39, 0.29) is 5.91 Å². The van der Waals surface area contributed by atoms with Crippen LogP contribution in [0.2, 0.25) is 0 Å². The van der Waals surface area contributed by atoms with Gasteiger partial charge >= 0.3 is 0 Å². The Morgan fingerprint density at radius 3 is 2.55 bits per heavy atom. The number of nitrogens with two attached hydrogens (primary N) is 1.